The van der Waals surface area contributed by atoms with Crippen molar-refractivity contribution in [2.24, 2.45) is 0 Å². The van der Waals surface area contributed by atoms with Gasteiger partial charge in [0.1, 0.15) is 5.82 Å². The third-order valence-electron chi connectivity index (χ3n) is 8.35. The molecule has 2 aromatic carbocycles. The number of carbonyl (C=O) groups is 1. The molecule has 0 spiro atoms. The van der Waals surface area contributed by atoms with Crippen LogP contribution < -0.4 is 0 Å². The van der Waals surface area contributed by atoms with Gasteiger partial charge >= 0.3 is 0 Å². The first-order chi connectivity index (χ1) is 19.8. The van der Waals surface area contributed by atoms with Crippen molar-refractivity contribution in [3.8, 4) is 11.1 Å². The van der Waals surface area contributed by atoms with Gasteiger partial charge in [0.05, 0.1) is 33.0 Å². The number of amides is 1. The maximum atomic E-state index is 14.2. The van der Waals surface area contributed by atoms with Crippen molar-refractivity contribution in [2.75, 3.05) is 26.7 Å². The van der Waals surface area contributed by atoms with Gasteiger partial charge < -0.3 is 9.64 Å². The van der Waals surface area contributed by atoms with Crippen LogP contribution in [0.1, 0.15) is 75.5 Å². The van der Waals surface area contributed by atoms with Crippen LogP contribution in [0.2, 0.25) is 10.0 Å². The molecule has 1 saturated heterocycles. The van der Waals surface area contributed by atoms with Gasteiger partial charge in [-0.1, -0.05) is 34.5 Å². The average Bonchev–Trinajstić information content (AvgIpc) is 3.40. The van der Waals surface area contributed by atoms with Crippen LogP contribution >= 0.6 is 23.2 Å². The van der Waals surface area contributed by atoms with E-state index in [0.717, 1.165) is 57.4 Å². The molecule has 1 aliphatic heterocycles. The Balaban J connectivity index is 1.19. The molecule has 42 heavy (non-hydrogen) atoms. The van der Waals surface area contributed by atoms with E-state index >= 15 is 0 Å². The first kappa shape index (κ1) is 30.9. The number of rotatable bonds is 7. The molecule has 2 fully saturated rings. The van der Waals surface area contributed by atoms with Gasteiger partial charge in [-0.3, -0.25) is 9.69 Å². The number of hydrogen-bond donors (Lipinski definition) is 0. The lowest BCUT2D eigenvalue weighted by atomic mass is 9.89. The third kappa shape index (κ3) is 7.16. The number of hydrogen-bond acceptors (Lipinski definition) is 5. The van der Waals surface area contributed by atoms with Crippen molar-refractivity contribution in [1.82, 2.24) is 24.8 Å². The zero-order valence-electron chi connectivity index (χ0n) is 25.0. The van der Waals surface area contributed by atoms with E-state index in [9.17, 15) is 9.18 Å². The van der Waals surface area contributed by atoms with E-state index in [1.54, 1.807) is 29.2 Å². The van der Waals surface area contributed by atoms with Gasteiger partial charge in [-0.25, -0.2) is 9.07 Å². The van der Waals surface area contributed by atoms with Crippen LogP contribution in [0.15, 0.2) is 42.6 Å². The predicted octanol–water partition coefficient (Wildman–Crippen LogP) is 7.08. The fraction of sp³-hybridized carbons (Fsp3) is 0.531. The highest BCUT2D eigenvalue weighted by Crippen LogP contribution is 2.34. The molecule has 5 rings (SSSR count). The van der Waals surface area contributed by atoms with Crippen molar-refractivity contribution < 1.29 is 13.9 Å². The topological polar surface area (TPSA) is 63.5 Å². The summed E-state index contributed by atoms with van der Waals surface area (Å²) in [5.41, 5.74) is 2.24. The zero-order chi connectivity index (χ0) is 30.2. The highest BCUT2D eigenvalue weighted by Gasteiger charge is 2.38. The molecule has 0 bridgehead atoms. The van der Waals surface area contributed by atoms with Crippen LogP contribution in [0.4, 0.5) is 4.39 Å². The summed E-state index contributed by atoms with van der Waals surface area (Å²) < 4.78 is 22.4. The molecule has 2 aliphatic rings. The molecule has 1 saturated carbocycles. The minimum atomic E-state index is -0.416. The lowest BCUT2D eigenvalue weighted by Gasteiger charge is -2.47. The maximum absolute atomic E-state index is 14.2. The summed E-state index contributed by atoms with van der Waals surface area (Å²) in [6, 6.07) is 9.65. The molecule has 3 aromatic rings. The van der Waals surface area contributed by atoms with Crippen molar-refractivity contribution in [3.63, 3.8) is 0 Å². The fourth-order valence-corrected chi connectivity index (χ4v) is 6.95. The van der Waals surface area contributed by atoms with Gasteiger partial charge in [-0.2, -0.15) is 0 Å². The molecular weight excluding hydrogens is 576 g/mol. The Hall–Kier alpha value is -2.52. The SMILES string of the molecule is CN(C(=O)c1ccc(F)cc1-c1ccc(Cl)c(Cl)c1)C1CCC(n2cc(CCN3CC(C)(C)OC(C)(C)C3)nn2)CC1. The minimum Gasteiger partial charge on any atom is -0.367 e. The molecule has 0 radical (unpaired) electrons. The van der Waals surface area contributed by atoms with Crippen LogP contribution in [-0.4, -0.2) is 74.6 Å². The predicted molar refractivity (Wildman–Crippen MR) is 165 cm³/mol. The molecule has 0 N–H and O–H groups in total. The van der Waals surface area contributed by atoms with Crippen LogP contribution in [0, 0.1) is 5.82 Å². The Morgan fingerprint density at radius 1 is 1.02 bits per heavy atom. The Morgan fingerprint density at radius 2 is 1.71 bits per heavy atom. The molecule has 0 atom stereocenters. The monoisotopic (exact) mass is 615 g/mol. The summed E-state index contributed by atoms with van der Waals surface area (Å²) in [5.74, 6) is -0.558. The van der Waals surface area contributed by atoms with Crippen molar-refractivity contribution in [1.29, 1.82) is 0 Å². The summed E-state index contributed by atoms with van der Waals surface area (Å²) in [6.07, 6.45) is 6.43. The van der Waals surface area contributed by atoms with Crippen molar-refractivity contribution >= 4 is 29.1 Å². The maximum Gasteiger partial charge on any atom is 0.254 e. The van der Waals surface area contributed by atoms with Gasteiger partial charge in [-0.05, 0) is 94.8 Å². The van der Waals surface area contributed by atoms with Gasteiger partial charge in [0, 0.05) is 50.9 Å². The number of benzene rings is 2. The van der Waals surface area contributed by atoms with E-state index < -0.39 is 5.82 Å². The first-order valence-corrected chi connectivity index (χ1v) is 15.4. The molecular formula is C32H40Cl2FN5O2. The summed E-state index contributed by atoms with van der Waals surface area (Å²) in [5, 5.41) is 9.70. The molecule has 7 nitrogen and oxygen atoms in total. The van der Waals surface area contributed by atoms with Gasteiger partial charge in [0.25, 0.3) is 5.91 Å². The lowest BCUT2D eigenvalue weighted by molar-refractivity contribution is -0.180. The fourth-order valence-electron chi connectivity index (χ4n) is 6.65. The Bertz CT molecular complexity index is 1420. The molecule has 226 valence electrons. The first-order valence-electron chi connectivity index (χ1n) is 14.7. The summed E-state index contributed by atoms with van der Waals surface area (Å²) in [4.78, 5) is 17.9. The summed E-state index contributed by atoms with van der Waals surface area (Å²) in [7, 11) is 1.83. The smallest absolute Gasteiger partial charge is 0.254 e. The number of aromatic nitrogens is 3. The second-order valence-corrected chi connectivity index (χ2v) is 13.8. The number of carbonyl (C=O) groups excluding carboxylic acids is 1. The van der Waals surface area contributed by atoms with E-state index in [1.807, 2.05) is 11.7 Å². The van der Waals surface area contributed by atoms with Gasteiger partial charge in [0.15, 0.2) is 0 Å². The Kier molecular flexibility index (Phi) is 9.00. The second-order valence-electron chi connectivity index (χ2n) is 13.0. The standard InChI is InChI=1S/C32H40Cl2FN5O2/c1-31(2)19-39(20-32(3,4)42-31)15-14-23-18-40(37-36-23)25-10-8-24(9-11-25)38(5)30(41)26-12-7-22(35)17-27(26)21-6-13-28(33)29(34)16-21/h6-7,12-13,16-18,24-25H,8-11,14-15,19-20H2,1-5H3. The minimum absolute atomic E-state index is 0.0801. The zero-order valence-corrected chi connectivity index (χ0v) is 26.6. The third-order valence-corrected chi connectivity index (χ3v) is 9.09. The molecule has 1 amide bonds. The molecule has 10 heteroatoms. The molecule has 2 heterocycles. The van der Waals surface area contributed by atoms with E-state index in [4.69, 9.17) is 27.9 Å². The quantitative estimate of drug-likeness (QED) is 0.284. The molecule has 1 aliphatic carbocycles. The summed E-state index contributed by atoms with van der Waals surface area (Å²) in [6.45, 7) is 11.3. The summed E-state index contributed by atoms with van der Waals surface area (Å²) >= 11 is 12.3. The van der Waals surface area contributed by atoms with Crippen molar-refractivity contribution in [2.45, 2.75) is 83.1 Å². The average molecular weight is 617 g/mol. The van der Waals surface area contributed by atoms with E-state index in [0.29, 0.717) is 26.7 Å². The van der Waals surface area contributed by atoms with Crippen LogP contribution in [0.3, 0.4) is 0 Å². The van der Waals surface area contributed by atoms with Gasteiger partial charge in [0.2, 0.25) is 0 Å². The molecule has 1 aromatic heterocycles. The second kappa shape index (κ2) is 12.2. The van der Waals surface area contributed by atoms with E-state index in [1.165, 1.54) is 12.1 Å². The lowest BCUT2D eigenvalue weighted by Crippen LogP contribution is -2.57. The van der Waals surface area contributed by atoms with Crippen LogP contribution in [0.25, 0.3) is 11.1 Å². The Labute approximate surface area is 257 Å². The van der Waals surface area contributed by atoms with Crippen LogP contribution in [0.5, 0.6) is 0 Å². The largest absolute Gasteiger partial charge is 0.367 e. The number of halogens is 3. The Morgan fingerprint density at radius 3 is 2.38 bits per heavy atom. The van der Waals surface area contributed by atoms with Crippen molar-refractivity contribution in [3.05, 3.63) is 69.7 Å². The number of morpholine rings is 1. The molecule has 0 unspecified atom stereocenters. The number of ether oxygens (including phenoxy) is 1. The van der Waals surface area contributed by atoms with E-state index in [-0.39, 0.29) is 29.2 Å². The van der Waals surface area contributed by atoms with E-state index in [2.05, 4.69) is 49.1 Å². The number of nitrogens with zero attached hydrogens (tertiary/aromatic N) is 5. The highest BCUT2D eigenvalue weighted by atomic mass is 35.5. The van der Waals surface area contributed by atoms with Gasteiger partial charge in [-0.15, -0.1) is 5.10 Å². The normalized spacial score (nSPS) is 22.2. The highest BCUT2D eigenvalue weighted by molar-refractivity contribution is 6.42. The van der Waals surface area contributed by atoms with Crippen LogP contribution in [-0.2, 0) is 11.2 Å².